The number of aromatic hydroxyl groups is 1. The molecule has 0 bridgehead atoms. The van der Waals surface area contributed by atoms with Gasteiger partial charge in [-0.3, -0.25) is 4.79 Å². The van der Waals surface area contributed by atoms with Crippen LogP contribution in [-0.2, 0) is 17.9 Å². The third-order valence-corrected chi connectivity index (χ3v) is 3.22. The van der Waals surface area contributed by atoms with E-state index in [0.29, 0.717) is 13.1 Å². The highest BCUT2D eigenvalue weighted by Gasteiger charge is 2.03. The molecule has 0 heterocycles. The first-order chi connectivity index (χ1) is 10.7. The van der Waals surface area contributed by atoms with E-state index >= 15 is 0 Å². The van der Waals surface area contributed by atoms with E-state index in [-0.39, 0.29) is 18.2 Å². The molecule has 3 N–H and O–H groups in total. The fourth-order valence-corrected chi connectivity index (χ4v) is 2.02. The second kappa shape index (κ2) is 8.05. The summed E-state index contributed by atoms with van der Waals surface area (Å²) < 4.78 is 5.14. The average Bonchev–Trinajstić information content (AvgIpc) is 2.55. The van der Waals surface area contributed by atoms with E-state index in [0.717, 1.165) is 16.9 Å². The van der Waals surface area contributed by atoms with E-state index in [1.54, 1.807) is 19.2 Å². The summed E-state index contributed by atoms with van der Waals surface area (Å²) in [7, 11) is 1.61. The van der Waals surface area contributed by atoms with Crippen molar-refractivity contribution < 1.29 is 14.6 Å². The molecule has 0 saturated heterocycles. The van der Waals surface area contributed by atoms with E-state index in [1.807, 2.05) is 36.4 Å². The number of rotatable bonds is 7. The molecule has 0 fully saturated rings. The lowest BCUT2D eigenvalue weighted by molar-refractivity contribution is -0.120. The van der Waals surface area contributed by atoms with Gasteiger partial charge < -0.3 is 20.5 Å². The van der Waals surface area contributed by atoms with Crippen molar-refractivity contribution in [1.29, 1.82) is 0 Å². The Bertz CT molecular complexity index is 629. The number of hydrogen-bond donors (Lipinski definition) is 3. The largest absolute Gasteiger partial charge is 0.508 e. The topological polar surface area (TPSA) is 70.6 Å². The summed E-state index contributed by atoms with van der Waals surface area (Å²) in [6, 6.07) is 14.6. The first-order valence-corrected chi connectivity index (χ1v) is 7.06. The average molecular weight is 300 g/mol. The van der Waals surface area contributed by atoms with Gasteiger partial charge in [0, 0.05) is 18.7 Å². The van der Waals surface area contributed by atoms with Crippen LogP contribution in [0.25, 0.3) is 0 Å². The van der Waals surface area contributed by atoms with Gasteiger partial charge in [-0.1, -0.05) is 30.3 Å². The summed E-state index contributed by atoms with van der Waals surface area (Å²) in [5.41, 5.74) is 1.75. The zero-order chi connectivity index (χ0) is 15.8. The molecule has 0 spiro atoms. The van der Waals surface area contributed by atoms with Crippen LogP contribution in [0.3, 0.4) is 0 Å². The molecule has 5 nitrogen and oxygen atoms in total. The third kappa shape index (κ3) is 4.79. The molecule has 5 heteroatoms. The lowest BCUT2D eigenvalue weighted by Crippen LogP contribution is -2.33. The second-order valence-electron chi connectivity index (χ2n) is 4.86. The van der Waals surface area contributed by atoms with E-state index in [2.05, 4.69) is 10.6 Å². The Kier molecular flexibility index (Phi) is 5.80. The Morgan fingerprint density at radius 2 is 1.95 bits per heavy atom. The third-order valence-electron chi connectivity index (χ3n) is 3.22. The van der Waals surface area contributed by atoms with Crippen molar-refractivity contribution in [3.8, 4) is 11.5 Å². The van der Waals surface area contributed by atoms with Crippen LogP contribution < -0.4 is 15.4 Å². The molecule has 116 valence electrons. The number of amides is 1. The Morgan fingerprint density at radius 1 is 1.14 bits per heavy atom. The van der Waals surface area contributed by atoms with E-state index in [9.17, 15) is 9.90 Å². The summed E-state index contributed by atoms with van der Waals surface area (Å²) >= 11 is 0. The van der Waals surface area contributed by atoms with E-state index in [4.69, 9.17) is 4.74 Å². The van der Waals surface area contributed by atoms with Gasteiger partial charge >= 0.3 is 0 Å². The number of nitrogens with one attached hydrogen (secondary N) is 2. The summed E-state index contributed by atoms with van der Waals surface area (Å²) in [4.78, 5) is 11.8. The van der Waals surface area contributed by atoms with Crippen LogP contribution in [0.15, 0.2) is 48.5 Å². The predicted octanol–water partition coefficient (Wildman–Crippen LogP) is 1.81. The monoisotopic (exact) mass is 300 g/mol. The maximum Gasteiger partial charge on any atom is 0.234 e. The van der Waals surface area contributed by atoms with Gasteiger partial charge in [0.25, 0.3) is 0 Å². The molecule has 2 rings (SSSR count). The fourth-order valence-electron chi connectivity index (χ4n) is 2.02. The molecule has 0 saturated carbocycles. The number of phenols is 1. The minimum absolute atomic E-state index is 0.0989. The molecule has 0 aliphatic carbocycles. The molecule has 2 aromatic carbocycles. The number of hydrogen-bond acceptors (Lipinski definition) is 4. The van der Waals surface area contributed by atoms with Gasteiger partial charge in [-0.15, -0.1) is 0 Å². The molecule has 0 aliphatic rings. The zero-order valence-corrected chi connectivity index (χ0v) is 12.5. The van der Waals surface area contributed by atoms with Gasteiger partial charge in [0.1, 0.15) is 11.5 Å². The normalized spacial score (nSPS) is 10.2. The molecule has 0 atom stereocenters. The van der Waals surface area contributed by atoms with Crippen LogP contribution in [0.1, 0.15) is 11.1 Å². The van der Waals surface area contributed by atoms with Crippen molar-refractivity contribution in [1.82, 2.24) is 10.6 Å². The lowest BCUT2D eigenvalue weighted by Gasteiger charge is -2.08. The van der Waals surface area contributed by atoms with E-state index in [1.165, 1.54) is 0 Å². The molecule has 0 aromatic heterocycles. The zero-order valence-electron chi connectivity index (χ0n) is 12.5. The van der Waals surface area contributed by atoms with E-state index < -0.39 is 0 Å². The van der Waals surface area contributed by atoms with Crippen LogP contribution in [-0.4, -0.2) is 24.7 Å². The number of para-hydroxylation sites is 1. The van der Waals surface area contributed by atoms with Gasteiger partial charge in [0.05, 0.1) is 13.7 Å². The Labute approximate surface area is 129 Å². The first-order valence-electron chi connectivity index (χ1n) is 7.06. The van der Waals surface area contributed by atoms with Crippen molar-refractivity contribution in [3.63, 3.8) is 0 Å². The van der Waals surface area contributed by atoms with Crippen LogP contribution >= 0.6 is 0 Å². The SMILES string of the molecule is COc1cccc(CNC(=O)CNCc2ccccc2O)c1. The molecule has 2 aromatic rings. The highest BCUT2D eigenvalue weighted by atomic mass is 16.5. The summed E-state index contributed by atoms with van der Waals surface area (Å²) in [5.74, 6) is 0.898. The second-order valence-corrected chi connectivity index (χ2v) is 4.86. The minimum Gasteiger partial charge on any atom is -0.508 e. The van der Waals surface area contributed by atoms with Crippen molar-refractivity contribution in [2.75, 3.05) is 13.7 Å². The smallest absolute Gasteiger partial charge is 0.234 e. The summed E-state index contributed by atoms with van der Waals surface area (Å²) in [5, 5.41) is 15.5. The van der Waals surface area contributed by atoms with Crippen molar-refractivity contribution in [2.45, 2.75) is 13.1 Å². The van der Waals surface area contributed by atoms with Gasteiger partial charge in [0.2, 0.25) is 5.91 Å². The van der Waals surface area contributed by atoms with Gasteiger partial charge in [-0.05, 0) is 23.8 Å². The van der Waals surface area contributed by atoms with Crippen LogP contribution in [0.2, 0.25) is 0 Å². The van der Waals surface area contributed by atoms with Crippen LogP contribution in [0, 0.1) is 0 Å². The Morgan fingerprint density at radius 3 is 2.73 bits per heavy atom. The maximum atomic E-state index is 11.8. The maximum absolute atomic E-state index is 11.8. The summed E-state index contributed by atoms with van der Waals surface area (Å²) in [6.45, 7) is 1.09. The fraction of sp³-hybridized carbons (Fsp3) is 0.235. The number of phenolic OH excluding ortho intramolecular Hbond substituents is 1. The molecular weight excluding hydrogens is 280 g/mol. The molecule has 22 heavy (non-hydrogen) atoms. The molecular formula is C17H20N2O3. The number of carbonyl (C=O) groups excluding carboxylic acids is 1. The van der Waals surface area contributed by atoms with Crippen molar-refractivity contribution >= 4 is 5.91 Å². The molecule has 0 aliphatic heterocycles. The highest BCUT2D eigenvalue weighted by molar-refractivity contribution is 5.78. The van der Waals surface area contributed by atoms with Gasteiger partial charge in [-0.2, -0.15) is 0 Å². The molecule has 0 radical (unpaired) electrons. The molecule has 0 unspecified atom stereocenters. The number of ether oxygens (including phenoxy) is 1. The summed E-state index contributed by atoms with van der Waals surface area (Å²) in [6.07, 6.45) is 0. The first kappa shape index (κ1) is 15.9. The predicted molar refractivity (Wildman–Crippen MR) is 84.7 cm³/mol. The number of methoxy groups -OCH3 is 1. The van der Waals surface area contributed by atoms with Crippen LogP contribution in [0.5, 0.6) is 11.5 Å². The number of benzene rings is 2. The van der Waals surface area contributed by atoms with Crippen molar-refractivity contribution in [2.24, 2.45) is 0 Å². The molecule has 1 amide bonds. The van der Waals surface area contributed by atoms with Crippen LogP contribution in [0.4, 0.5) is 0 Å². The van der Waals surface area contributed by atoms with Gasteiger partial charge in [0.15, 0.2) is 0 Å². The standard InChI is InChI=1S/C17H20N2O3/c1-22-15-7-4-5-13(9-15)10-19-17(21)12-18-11-14-6-2-3-8-16(14)20/h2-9,18,20H,10-12H2,1H3,(H,19,21). The Balaban J connectivity index is 1.73. The minimum atomic E-state index is -0.0989. The quantitative estimate of drug-likeness (QED) is 0.729. The number of carbonyl (C=O) groups is 1. The van der Waals surface area contributed by atoms with Crippen molar-refractivity contribution in [3.05, 3.63) is 59.7 Å². The Hall–Kier alpha value is -2.53. The van der Waals surface area contributed by atoms with Gasteiger partial charge in [-0.25, -0.2) is 0 Å². The highest BCUT2D eigenvalue weighted by Crippen LogP contribution is 2.14. The lowest BCUT2D eigenvalue weighted by atomic mass is 10.2.